The van der Waals surface area contributed by atoms with Crippen molar-refractivity contribution in [3.05, 3.63) is 24.3 Å². The second-order valence-electron chi connectivity index (χ2n) is 4.97. The van der Waals surface area contributed by atoms with Crippen molar-refractivity contribution in [3.63, 3.8) is 0 Å². The van der Waals surface area contributed by atoms with E-state index in [0.717, 1.165) is 30.8 Å². The number of hydrogen-bond acceptors (Lipinski definition) is 2. The predicted molar refractivity (Wildman–Crippen MR) is 75.8 cm³/mol. The Labute approximate surface area is 109 Å². The fourth-order valence-electron chi connectivity index (χ4n) is 1.87. The molecule has 2 rings (SSSR count). The first-order valence-electron chi connectivity index (χ1n) is 6.94. The molecule has 18 heavy (non-hydrogen) atoms. The summed E-state index contributed by atoms with van der Waals surface area (Å²) in [6.07, 6.45) is 5.80. The molecular formula is C15H22N2O. The van der Waals surface area contributed by atoms with Crippen molar-refractivity contribution >= 4 is 17.3 Å². The number of hydrogen-bond donors (Lipinski definition) is 2. The van der Waals surface area contributed by atoms with Crippen molar-refractivity contribution in [1.82, 2.24) is 0 Å². The van der Waals surface area contributed by atoms with Crippen LogP contribution in [0.5, 0.6) is 0 Å². The minimum absolute atomic E-state index is 0.165. The summed E-state index contributed by atoms with van der Waals surface area (Å²) in [5, 5.41) is 6.32. The summed E-state index contributed by atoms with van der Waals surface area (Å²) in [4.78, 5) is 11.6. The van der Waals surface area contributed by atoms with E-state index >= 15 is 0 Å². The quantitative estimate of drug-likeness (QED) is 0.721. The van der Waals surface area contributed by atoms with Crippen LogP contribution in [0.1, 0.15) is 39.0 Å². The third-order valence-electron chi connectivity index (χ3n) is 3.21. The van der Waals surface area contributed by atoms with Gasteiger partial charge in [0.25, 0.3) is 0 Å². The molecule has 0 aliphatic heterocycles. The summed E-state index contributed by atoms with van der Waals surface area (Å²) < 4.78 is 0. The molecule has 1 amide bonds. The third-order valence-corrected chi connectivity index (χ3v) is 3.21. The highest BCUT2D eigenvalue weighted by molar-refractivity contribution is 5.94. The van der Waals surface area contributed by atoms with Gasteiger partial charge in [0.1, 0.15) is 0 Å². The molecule has 0 radical (unpaired) electrons. The van der Waals surface area contributed by atoms with Crippen molar-refractivity contribution < 1.29 is 4.79 Å². The summed E-state index contributed by atoms with van der Waals surface area (Å²) in [6.45, 7) is 3.22. The monoisotopic (exact) mass is 246 g/mol. The Morgan fingerprint density at radius 2 is 1.83 bits per heavy atom. The zero-order chi connectivity index (χ0) is 12.8. The highest BCUT2D eigenvalue weighted by atomic mass is 16.2. The predicted octanol–water partition coefficient (Wildman–Crippen LogP) is 3.64. The summed E-state index contributed by atoms with van der Waals surface area (Å²) >= 11 is 0. The van der Waals surface area contributed by atoms with Crippen LogP contribution in [0.4, 0.5) is 11.4 Å². The zero-order valence-corrected chi connectivity index (χ0v) is 11.0. The lowest BCUT2D eigenvalue weighted by Gasteiger charge is -2.08. The fourth-order valence-corrected chi connectivity index (χ4v) is 1.87. The molecule has 98 valence electrons. The van der Waals surface area contributed by atoms with Gasteiger partial charge in [-0.2, -0.15) is 0 Å². The molecule has 3 heteroatoms. The van der Waals surface area contributed by atoms with Gasteiger partial charge in [0.2, 0.25) is 5.91 Å². The van der Waals surface area contributed by atoms with Gasteiger partial charge >= 0.3 is 0 Å². The molecule has 1 aliphatic carbocycles. The van der Waals surface area contributed by atoms with E-state index in [4.69, 9.17) is 0 Å². The Hall–Kier alpha value is -1.51. The van der Waals surface area contributed by atoms with Gasteiger partial charge < -0.3 is 10.6 Å². The van der Waals surface area contributed by atoms with Crippen LogP contribution in [-0.2, 0) is 4.79 Å². The lowest BCUT2D eigenvalue weighted by molar-refractivity contribution is -0.117. The van der Waals surface area contributed by atoms with Crippen LogP contribution >= 0.6 is 0 Å². The van der Waals surface area contributed by atoms with E-state index in [1.807, 2.05) is 24.3 Å². The average molecular weight is 246 g/mol. The average Bonchev–Trinajstić information content (AvgIpc) is 3.21. The Bertz CT molecular complexity index is 382. The van der Waals surface area contributed by atoms with Gasteiger partial charge in [-0.25, -0.2) is 0 Å². The first kappa shape index (κ1) is 12.9. The molecular weight excluding hydrogens is 224 g/mol. The van der Waals surface area contributed by atoms with Gasteiger partial charge in [-0.05, 0) is 43.5 Å². The molecule has 1 saturated carbocycles. The van der Waals surface area contributed by atoms with Gasteiger partial charge in [-0.1, -0.05) is 19.8 Å². The molecule has 3 nitrogen and oxygen atoms in total. The normalized spacial score (nSPS) is 14.3. The van der Waals surface area contributed by atoms with Gasteiger partial charge in [0.15, 0.2) is 0 Å². The van der Waals surface area contributed by atoms with E-state index in [1.54, 1.807) is 0 Å². The number of anilines is 2. The Balaban J connectivity index is 1.75. The summed E-state index contributed by atoms with van der Waals surface area (Å²) in [7, 11) is 0. The maximum Gasteiger partial charge on any atom is 0.227 e. The zero-order valence-electron chi connectivity index (χ0n) is 11.0. The molecule has 0 atom stereocenters. The summed E-state index contributed by atoms with van der Waals surface area (Å²) in [6, 6.07) is 7.97. The van der Waals surface area contributed by atoms with Crippen LogP contribution in [0.2, 0.25) is 0 Å². The van der Waals surface area contributed by atoms with Crippen LogP contribution < -0.4 is 10.6 Å². The van der Waals surface area contributed by atoms with Crippen LogP contribution in [0, 0.1) is 5.92 Å². The molecule has 2 N–H and O–H groups in total. The van der Waals surface area contributed by atoms with E-state index in [9.17, 15) is 4.79 Å². The number of carbonyl (C=O) groups is 1. The molecule has 1 aromatic carbocycles. The molecule has 1 aromatic rings. The van der Waals surface area contributed by atoms with Crippen LogP contribution in [0.25, 0.3) is 0 Å². The number of carbonyl (C=O) groups excluding carboxylic acids is 1. The van der Waals surface area contributed by atoms with Crippen LogP contribution in [0.15, 0.2) is 24.3 Å². The third kappa shape index (κ3) is 4.06. The highest BCUT2D eigenvalue weighted by Crippen LogP contribution is 2.30. The van der Waals surface area contributed by atoms with E-state index < -0.39 is 0 Å². The van der Waals surface area contributed by atoms with Crippen molar-refractivity contribution in [2.75, 3.05) is 17.2 Å². The van der Waals surface area contributed by atoms with E-state index in [2.05, 4.69) is 17.6 Å². The second kappa shape index (κ2) is 6.43. The van der Waals surface area contributed by atoms with Crippen molar-refractivity contribution in [2.45, 2.75) is 39.0 Å². The van der Waals surface area contributed by atoms with Crippen molar-refractivity contribution in [3.8, 4) is 0 Å². The lowest BCUT2D eigenvalue weighted by atomic mass is 10.2. The minimum atomic E-state index is 0.165. The maximum absolute atomic E-state index is 11.6. The Morgan fingerprint density at radius 3 is 2.44 bits per heavy atom. The van der Waals surface area contributed by atoms with Gasteiger partial charge in [0.05, 0.1) is 0 Å². The van der Waals surface area contributed by atoms with Gasteiger partial charge in [0, 0.05) is 23.8 Å². The second-order valence-corrected chi connectivity index (χ2v) is 4.97. The van der Waals surface area contributed by atoms with Crippen molar-refractivity contribution in [1.29, 1.82) is 0 Å². The first-order valence-corrected chi connectivity index (χ1v) is 6.94. The number of unbranched alkanes of at least 4 members (excludes halogenated alkanes) is 2. The van der Waals surface area contributed by atoms with E-state index in [0.29, 0.717) is 0 Å². The smallest absolute Gasteiger partial charge is 0.227 e. The Kier molecular flexibility index (Phi) is 4.62. The maximum atomic E-state index is 11.6. The van der Waals surface area contributed by atoms with Gasteiger partial charge in [-0.3, -0.25) is 4.79 Å². The van der Waals surface area contributed by atoms with E-state index in [-0.39, 0.29) is 11.8 Å². The van der Waals surface area contributed by atoms with E-state index in [1.165, 1.54) is 19.3 Å². The molecule has 0 saturated heterocycles. The summed E-state index contributed by atoms with van der Waals surface area (Å²) in [5.74, 6) is 0.426. The molecule has 0 aromatic heterocycles. The standard InChI is InChI=1S/C15H22N2O/c1-2-3-4-11-16-13-7-9-14(10-8-13)17-15(18)12-5-6-12/h7-10,12,16H,2-6,11H2,1H3,(H,17,18). The molecule has 0 bridgehead atoms. The van der Waals surface area contributed by atoms with Gasteiger partial charge in [-0.15, -0.1) is 0 Å². The number of benzene rings is 1. The number of amides is 1. The highest BCUT2D eigenvalue weighted by Gasteiger charge is 2.29. The minimum Gasteiger partial charge on any atom is -0.385 e. The molecule has 1 aliphatic rings. The number of nitrogens with one attached hydrogen (secondary N) is 2. The molecule has 0 heterocycles. The first-order chi connectivity index (χ1) is 8.79. The van der Waals surface area contributed by atoms with Crippen LogP contribution in [-0.4, -0.2) is 12.5 Å². The Morgan fingerprint density at radius 1 is 1.17 bits per heavy atom. The van der Waals surface area contributed by atoms with Crippen molar-refractivity contribution in [2.24, 2.45) is 5.92 Å². The lowest BCUT2D eigenvalue weighted by Crippen LogP contribution is -2.13. The molecule has 0 spiro atoms. The van der Waals surface area contributed by atoms with Crippen LogP contribution in [0.3, 0.4) is 0 Å². The fraction of sp³-hybridized carbons (Fsp3) is 0.533. The number of rotatable bonds is 7. The SMILES string of the molecule is CCCCCNc1ccc(NC(=O)C2CC2)cc1. The molecule has 1 fully saturated rings. The largest absolute Gasteiger partial charge is 0.385 e. The molecule has 0 unspecified atom stereocenters. The summed E-state index contributed by atoms with van der Waals surface area (Å²) in [5.41, 5.74) is 2.02. The topological polar surface area (TPSA) is 41.1 Å².